The molecule has 1 saturated heterocycles. The lowest BCUT2D eigenvalue weighted by Gasteiger charge is -2.23. The van der Waals surface area contributed by atoms with E-state index in [0.29, 0.717) is 24.5 Å². The molecule has 1 fully saturated rings. The number of anilines is 1. The zero-order chi connectivity index (χ0) is 17.8. The van der Waals surface area contributed by atoms with Crippen LogP contribution in [-0.4, -0.2) is 40.5 Å². The lowest BCUT2D eigenvalue weighted by molar-refractivity contribution is -0.0528. The van der Waals surface area contributed by atoms with Crippen LogP contribution in [0.3, 0.4) is 0 Å². The number of hydrogen-bond donors (Lipinski definition) is 1. The van der Waals surface area contributed by atoms with Gasteiger partial charge in [-0.25, -0.2) is 4.98 Å². The molecule has 2 aromatic heterocycles. The number of alkyl halides is 2. The molecule has 9 heteroatoms. The molecule has 25 heavy (non-hydrogen) atoms. The van der Waals surface area contributed by atoms with Crippen molar-refractivity contribution >= 4 is 11.6 Å². The van der Waals surface area contributed by atoms with Gasteiger partial charge in [0.2, 0.25) is 5.88 Å². The van der Waals surface area contributed by atoms with E-state index in [-0.39, 0.29) is 17.8 Å². The Balaban J connectivity index is 1.68. The molecule has 2 aromatic rings. The summed E-state index contributed by atoms with van der Waals surface area (Å²) in [5.74, 6) is -0.545. The van der Waals surface area contributed by atoms with Gasteiger partial charge in [0.1, 0.15) is 0 Å². The monoisotopic (exact) mass is 352 g/mol. The van der Waals surface area contributed by atoms with Crippen molar-refractivity contribution < 1.29 is 23.0 Å². The number of pyridine rings is 1. The van der Waals surface area contributed by atoms with Gasteiger partial charge in [-0.15, -0.1) is 0 Å². The summed E-state index contributed by atoms with van der Waals surface area (Å²) >= 11 is 0. The SMILES string of the molecule is Cc1c(C(=O)Nc2ccc(OC(F)F)nc2)cnn1C1CCOCC1. The zero-order valence-corrected chi connectivity index (χ0v) is 13.6. The quantitative estimate of drug-likeness (QED) is 0.895. The number of nitrogens with one attached hydrogen (secondary N) is 1. The summed E-state index contributed by atoms with van der Waals surface area (Å²) in [6.07, 6.45) is 4.51. The summed E-state index contributed by atoms with van der Waals surface area (Å²) in [4.78, 5) is 16.1. The number of ether oxygens (including phenoxy) is 2. The van der Waals surface area contributed by atoms with E-state index in [1.54, 1.807) is 0 Å². The van der Waals surface area contributed by atoms with Crippen molar-refractivity contribution in [3.8, 4) is 5.88 Å². The van der Waals surface area contributed by atoms with Gasteiger partial charge in [-0.05, 0) is 25.8 Å². The molecule has 1 aliphatic heterocycles. The second-order valence-corrected chi connectivity index (χ2v) is 5.65. The van der Waals surface area contributed by atoms with Gasteiger partial charge in [-0.3, -0.25) is 9.48 Å². The van der Waals surface area contributed by atoms with Crippen LogP contribution in [0, 0.1) is 6.92 Å². The van der Waals surface area contributed by atoms with Crippen LogP contribution < -0.4 is 10.1 Å². The smallest absolute Gasteiger partial charge is 0.388 e. The Morgan fingerprint density at radius 1 is 1.36 bits per heavy atom. The molecule has 3 rings (SSSR count). The minimum atomic E-state index is -2.94. The molecule has 0 aliphatic carbocycles. The first-order valence-electron chi connectivity index (χ1n) is 7.88. The molecule has 0 bridgehead atoms. The molecule has 0 spiro atoms. The molecule has 0 unspecified atom stereocenters. The third kappa shape index (κ3) is 4.11. The van der Waals surface area contributed by atoms with Crippen molar-refractivity contribution in [2.24, 2.45) is 0 Å². The van der Waals surface area contributed by atoms with Gasteiger partial charge in [0.05, 0.1) is 29.7 Å². The molecule has 1 N–H and O–H groups in total. The highest BCUT2D eigenvalue weighted by atomic mass is 19.3. The Morgan fingerprint density at radius 2 is 2.12 bits per heavy atom. The van der Waals surface area contributed by atoms with Crippen LogP contribution in [-0.2, 0) is 4.74 Å². The first-order valence-corrected chi connectivity index (χ1v) is 7.88. The lowest BCUT2D eigenvalue weighted by Crippen LogP contribution is -2.22. The summed E-state index contributed by atoms with van der Waals surface area (Å²) in [5, 5.41) is 7.00. The number of aromatic nitrogens is 3. The highest BCUT2D eigenvalue weighted by Crippen LogP contribution is 2.23. The molecule has 7 nitrogen and oxygen atoms in total. The minimum absolute atomic E-state index is 0.212. The normalized spacial score (nSPS) is 15.4. The van der Waals surface area contributed by atoms with E-state index in [1.165, 1.54) is 24.5 Å². The summed E-state index contributed by atoms with van der Waals surface area (Å²) in [5.41, 5.74) is 1.61. The molecule has 3 heterocycles. The number of hydrogen-bond acceptors (Lipinski definition) is 5. The van der Waals surface area contributed by atoms with E-state index in [4.69, 9.17) is 4.74 Å². The fourth-order valence-electron chi connectivity index (χ4n) is 2.76. The Morgan fingerprint density at radius 3 is 2.76 bits per heavy atom. The first kappa shape index (κ1) is 17.3. The molecular formula is C16H18F2N4O3. The van der Waals surface area contributed by atoms with Crippen molar-refractivity contribution in [3.05, 3.63) is 35.8 Å². The summed E-state index contributed by atoms with van der Waals surface area (Å²) in [6, 6.07) is 2.93. The second-order valence-electron chi connectivity index (χ2n) is 5.65. The predicted octanol–water partition coefficient (Wildman–Crippen LogP) is 2.79. The number of rotatable bonds is 5. The van der Waals surface area contributed by atoms with Gasteiger partial charge in [-0.2, -0.15) is 13.9 Å². The molecular weight excluding hydrogens is 334 g/mol. The van der Waals surface area contributed by atoms with Crippen molar-refractivity contribution in [1.82, 2.24) is 14.8 Å². The van der Waals surface area contributed by atoms with Crippen molar-refractivity contribution in [2.75, 3.05) is 18.5 Å². The van der Waals surface area contributed by atoms with Gasteiger partial charge < -0.3 is 14.8 Å². The van der Waals surface area contributed by atoms with Crippen LogP contribution in [0.25, 0.3) is 0 Å². The Hall–Kier alpha value is -2.55. The third-order valence-corrected chi connectivity index (χ3v) is 4.03. The maximum atomic E-state index is 12.4. The minimum Gasteiger partial charge on any atom is -0.417 e. The standard InChI is InChI=1S/C16H18F2N4O3/c1-10-13(9-20-22(10)12-4-6-24-7-5-12)15(23)21-11-2-3-14(19-8-11)25-16(17)18/h2-3,8-9,12,16H,4-7H2,1H3,(H,21,23). The number of nitrogens with zero attached hydrogens (tertiary/aromatic N) is 3. The average Bonchev–Trinajstić information content (AvgIpc) is 2.98. The van der Waals surface area contributed by atoms with E-state index in [1.807, 2.05) is 11.6 Å². The van der Waals surface area contributed by atoms with Crippen LogP contribution in [0.15, 0.2) is 24.5 Å². The predicted molar refractivity (Wildman–Crippen MR) is 84.9 cm³/mol. The van der Waals surface area contributed by atoms with E-state index in [0.717, 1.165) is 18.5 Å². The van der Waals surface area contributed by atoms with E-state index in [9.17, 15) is 13.6 Å². The molecule has 1 amide bonds. The van der Waals surface area contributed by atoms with E-state index in [2.05, 4.69) is 20.1 Å². The Bertz CT molecular complexity index is 727. The molecule has 0 radical (unpaired) electrons. The molecule has 134 valence electrons. The molecule has 0 saturated carbocycles. The molecule has 1 aliphatic rings. The van der Waals surface area contributed by atoms with Crippen LogP contribution in [0.1, 0.15) is 34.9 Å². The van der Waals surface area contributed by atoms with Gasteiger partial charge in [0.15, 0.2) is 0 Å². The van der Waals surface area contributed by atoms with Gasteiger partial charge in [0.25, 0.3) is 5.91 Å². The number of halogens is 2. The summed E-state index contributed by atoms with van der Waals surface area (Å²) in [7, 11) is 0. The lowest BCUT2D eigenvalue weighted by atomic mass is 10.1. The van der Waals surface area contributed by atoms with Gasteiger partial charge in [-0.1, -0.05) is 0 Å². The number of carbonyl (C=O) groups excluding carboxylic acids is 1. The van der Waals surface area contributed by atoms with Crippen molar-refractivity contribution in [1.29, 1.82) is 0 Å². The van der Waals surface area contributed by atoms with E-state index >= 15 is 0 Å². The molecule has 0 aromatic carbocycles. The highest BCUT2D eigenvalue weighted by Gasteiger charge is 2.22. The molecule has 0 atom stereocenters. The number of carbonyl (C=O) groups is 1. The topological polar surface area (TPSA) is 78.3 Å². The Kier molecular flexibility index (Phi) is 5.22. The van der Waals surface area contributed by atoms with Gasteiger partial charge in [0, 0.05) is 25.0 Å². The highest BCUT2D eigenvalue weighted by molar-refractivity contribution is 6.04. The van der Waals surface area contributed by atoms with Gasteiger partial charge >= 0.3 is 6.61 Å². The van der Waals surface area contributed by atoms with Crippen LogP contribution >= 0.6 is 0 Å². The number of amides is 1. The van der Waals surface area contributed by atoms with E-state index < -0.39 is 6.61 Å². The zero-order valence-electron chi connectivity index (χ0n) is 13.6. The fraction of sp³-hybridized carbons (Fsp3) is 0.438. The van der Waals surface area contributed by atoms with Crippen molar-refractivity contribution in [2.45, 2.75) is 32.4 Å². The van der Waals surface area contributed by atoms with Crippen LogP contribution in [0.2, 0.25) is 0 Å². The van der Waals surface area contributed by atoms with Crippen LogP contribution in [0.5, 0.6) is 5.88 Å². The largest absolute Gasteiger partial charge is 0.417 e. The maximum Gasteiger partial charge on any atom is 0.388 e. The van der Waals surface area contributed by atoms with Crippen molar-refractivity contribution in [3.63, 3.8) is 0 Å². The van der Waals surface area contributed by atoms with Crippen LogP contribution in [0.4, 0.5) is 14.5 Å². The summed E-state index contributed by atoms with van der Waals surface area (Å²) in [6.45, 7) is 0.274. The first-order chi connectivity index (χ1) is 12.0. The Labute approximate surface area is 142 Å². The average molecular weight is 352 g/mol. The maximum absolute atomic E-state index is 12.4. The fourth-order valence-corrected chi connectivity index (χ4v) is 2.76. The third-order valence-electron chi connectivity index (χ3n) is 4.03. The summed E-state index contributed by atoms with van der Waals surface area (Å²) < 4.78 is 35.6. The second kappa shape index (κ2) is 7.56.